The molecule has 1 aromatic carbocycles. The van der Waals surface area contributed by atoms with Crippen LogP contribution in [0.3, 0.4) is 0 Å². The van der Waals surface area contributed by atoms with E-state index in [-0.39, 0.29) is 17.0 Å². The zero-order valence-electron chi connectivity index (χ0n) is 8.20. The summed E-state index contributed by atoms with van der Waals surface area (Å²) in [5.41, 5.74) is -0.113. The van der Waals surface area contributed by atoms with Gasteiger partial charge in [0.05, 0.1) is 6.10 Å². The number of benzene rings is 1. The van der Waals surface area contributed by atoms with Gasteiger partial charge in [-0.2, -0.15) is 0 Å². The lowest BCUT2D eigenvalue weighted by molar-refractivity contribution is 0.0157. The molecule has 0 fully saturated rings. The summed E-state index contributed by atoms with van der Waals surface area (Å²) in [6.07, 6.45) is -2.19. The van der Waals surface area contributed by atoms with E-state index >= 15 is 0 Å². The van der Waals surface area contributed by atoms with E-state index < -0.39 is 23.8 Å². The Morgan fingerprint density at radius 3 is 2.56 bits per heavy atom. The predicted octanol–water partition coefficient (Wildman–Crippen LogP) is 2.36. The predicted molar refractivity (Wildman–Crippen MR) is 62.5 cm³/mol. The number of aromatic hydroxyl groups is 1. The molecule has 0 aliphatic heterocycles. The van der Waals surface area contributed by atoms with Crippen LogP contribution >= 0.6 is 27.5 Å². The number of phenols is 1. The molecule has 0 radical (unpaired) electrons. The number of aliphatic hydroxyl groups is 2. The Kier molecular flexibility index (Phi) is 4.98. The summed E-state index contributed by atoms with van der Waals surface area (Å²) in [6, 6.07) is 2.16. The van der Waals surface area contributed by atoms with Gasteiger partial charge in [-0.1, -0.05) is 27.5 Å². The van der Waals surface area contributed by atoms with Gasteiger partial charge in [-0.05, 0) is 18.6 Å². The normalized spacial score (nSPS) is 14.8. The van der Waals surface area contributed by atoms with Crippen LogP contribution in [0.25, 0.3) is 0 Å². The highest BCUT2D eigenvalue weighted by Crippen LogP contribution is 2.32. The molecule has 1 aromatic rings. The largest absolute Gasteiger partial charge is 0.505 e. The molecule has 90 valence electrons. The van der Waals surface area contributed by atoms with Gasteiger partial charge in [-0.3, -0.25) is 0 Å². The second-order valence-electron chi connectivity index (χ2n) is 3.32. The third-order valence-corrected chi connectivity index (χ3v) is 2.82. The molecule has 1 rings (SSSR count). The highest BCUT2D eigenvalue weighted by molar-refractivity contribution is 9.09. The molecule has 0 heterocycles. The molecule has 3 N–H and O–H groups in total. The smallest absolute Gasteiger partial charge is 0.166 e. The average molecular weight is 314 g/mol. The molecular weight excluding hydrogens is 302 g/mol. The Morgan fingerprint density at radius 1 is 1.38 bits per heavy atom. The van der Waals surface area contributed by atoms with Gasteiger partial charge in [0.15, 0.2) is 11.6 Å². The van der Waals surface area contributed by atoms with Crippen molar-refractivity contribution in [3.05, 3.63) is 28.5 Å². The van der Waals surface area contributed by atoms with Crippen molar-refractivity contribution in [2.75, 3.05) is 5.33 Å². The molecule has 0 aliphatic carbocycles. The third kappa shape index (κ3) is 3.07. The van der Waals surface area contributed by atoms with Crippen LogP contribution in [-0.4, -0.2) is 26.8 Å². The number of aliphatic hydroxyl groups excluding tert-OH is 2. The van der Waals surface area contributed by atoms with Crippen LogP contribution in [0.5, 0.6) is 5.75 Å². The van der Waals surface area contributed by atoms with Crippen molar-refractivity contribution in [1.82, 2.24) is 0 Å². The van der Waals surface area contributed by atoms with Crippen LogP contribution in [0.1, 0.15) is 18.1 Å². The third-order valence-electron chi connectivity index (χ3n) is 2.15. The second kappa shape index (κ2) is 5.82. The van der Waals surface area contributed by atoms with Crippen LogP contribution in [0.4, 0.5) is 4.39 Å². The zero-order valence-corrected chi connectivity index (χ0v) is 10.5. The molecule has 2 unspecified atom stereocenters. The Labute approximate surface area is 106 Å². The van der Waals surface area contributed by atoms with Gasteiger partial charge in [-0.15, -0.1) is 0 Å². The summed E-state index contributed by atoms with van der Waals surface area (Å²) in [5, 5.41) is 29.1. The molecule has 6 heteroatoms. The minimum absolute atomic E-state index is 0.0513. The standard InChI is InChI=1S/C10H11BrClFO3/c11-2-1-8(14)10(16)6-3-5(12)4-7(13)9(6)15/h3-4,8,10,14-16H,1-2H2. The van der Waals surface area contributed by atoms with Gasteiger partial charge >= 0.3 is 0 Å². The van der Waals surface area contributed by atoms with Crippen molar-refractivity contribution in [2.45, 2.75) is 18.6 Å². The average Bonchev–Trinajstić information content (AvgIpc) is 2.22. The number of hydrogen-bond donors (Lipinski definition) is 3. The summed E-state index contributed by atoms with van der Waals surface area (Å²) in [6.45, 7) is 0. The van der Waals surface area contributed by atoms with Crippen LogP contribution in [-0.2, 0) is 0 Å². The fourth-order valence-corrected chi connectivity index (χ4v) is 1.97. The fraction of sp³-hybridized carbons (Fsp3) is 0.400. The van der Waals surface area contributed by atoms with Gasteiger partial charge in [0.25, 0.3) is 0 Å². The monoisotopic (exact) mass is 312 g/mol. The van der Waals surface area contributed by atoms with E-state index in [2.05, 4.69) is 15.9 Å². The van der Waals surface area contributed by atoms with E-state index in [4.69, 9.17) is 11.6 Å². The first-order valence-corrected chi connectivity index (χ1v) is 6.07. The summed E-state index contributed by atoms with van der Waals surface area (Å²) in [5.74, 6) is -1.61. The van der Waals surface area contributed by atoms with Gasteiger partial charge in [0, 0.05) is 15.9 Å². The highest BCUT2D eigenvalue weighted by Gasteiger charge is 2.23. The first kappa shape index (κ1) is 13.7. The van der Waals surface area contributed by atoms with Crippen molar-refractivity contribution in [1.29, 1.82) is 0 Å². The molecule has 0 saturated carbocycles. The molecule has 0 bridgehead atoms. The van der Waals surface area contributed by atoms with Crippen LogP contribution in [0, 0.1) is 5.82 Å². The number of hydrogen-bond acceptors (Lipinski definition) is 3. The quantitative estimate of drug-likeness (QED) is 0.748. The number of phenolic OH excluding ortho intramolecular Hbond substituents is 1. The van der Waals surface area contributed by atoms with Crippen molar-refractivity contribution in [3.8, 4) is 5.75 Å². The maximum atomic E-state index is 13.1. The number of alkyl halides is 1. The zero-order chi connectivity index (χ0) is 12.3. The molecule has 0 aliphatic rings. The highest BCUT2D eigenvalue weighted by atomic mass is 79.9. The number of halogens is 3. The Balaban J connectivity index is 3.03. The van der Waals surface area contributed by atoms with Crippen LogP contribution < -0.4 is 0 Å². The van der Waals surface area contributed by atoms with E-state index in [1.54, 1.807) is 0 Å². The SMILES string of the molecule is Oc1c(F)cc(Cl)cc1C(O)C(O)CCBr. The molecule has 0 saturated heterocycles. The van der Waals surface area contributed by atoms with Gasteiger partial charge in [0.1, 0.15) is 6.10 Å². The van der Waals surface area contributed by atoms with Crippen molar-refractivity contribution in [3.63, 3.8) is 0 Å². The molecule has 16 heavy (non-hydrogen) atoms. The molecule has 2 atom stereocenters. The Bertz CT molecular complexity index is 375. The summed E-state index contributed by atoms with van der Waals surface area (Å²) < 4.78 is 13.1. The minimum Gasteiger partial charge on any atom is -0.505 e. The molecule has 0 aromatic heterocycles. The van der Waals surface area contributed by atoms with Crippen molar-refractivity contribution < 1.29 is 19.7 Å². The van der Waals surface area contributed by atoms with Gasteiger partial charge in [-0.25, -0.2) is 4.39 Å². The van der Waals surface area contributed by atoms with Gasteiger partial charge < -0.3 is 15.3 Å². The first-order valence-electron chi connectivity index (χ1n) is 4.57. The van der Waals surface area contributed by atoms with E-state index in [0.29, 0.717) is 5.33 Å². The lowest BCUT2D eigenvalue weighted by atomic mass is 10.0. The summed E-state index contributed by atoms with van der Waals surface area (Å²) in [4.78, 5) is 0. The second-order valence-corrected chi connectivity index (χ2v) is 4.54. The Morgan fingerprint density at radius 2 is 2.00 bits per heavy atom. The Hall–Kier alpha value is -0.360. The van der Waals surface area contributed by atoms with Crippen LogP contribution in [0.15, 0.2) is 12.1 Å². The maximum absolute atomic E-state index is 13.1. The topological polar surface area (TPSA) is 60.7 Å². The van der Waals surface area contributed by atoms with Crippen LogP contribution in [0.2, 0.25) is 5.02 Å². The van der Waals surface area contributed by atoms with Crippen molar-refractivity contribution in [2.24, 2.45) is 0 Å². The molecule has 0 amide bonds. The molecule has 3 nitrogen and oxygen atoms in total. The number of rotatable bonds is 4. The first-order chi connectivity index (χ1) is 7.47. The summed E-state index contributed by atoms with van der Waals surface area (Å²) in [7, 11) is 0. The molecular formula is C10H11BrClFO3. The van der Waals surface area contributed by atoms with Crippen molar-refractivity contribution >= 4 is 27.5 Å². The molecule has 0 spiro atoms. The lowest BCUT2D eigenvalue weighted by Gasteiger charge is -2.18. The fourth-order valence-electron chi connectivity index (χ4n) is 1.29. The van der Waals surface area contributed by atoms with E-state index in [1.165, 1.54) is 6.07 Å². The van der Waals surface area contributed by atoms with Gasteiger partial charge in [0.2, 0.25) is 0 Å². The van der Waals surface area contributed by atoms with E-state index in [1.807, 2.05) is 0 Å². The van der Waals surface area contributed by atoms with E-state index in [0.717, 1.165) is 6.07 Å². The maximum Gasteiger partial charge on any atom is 0.166 e. The minimum atomic E-state index is -1.37. The van der Waals surface area contributed by atoms with E-state index in [9.17, 15) is 19.7 Å². The summed E-state index contributed by atoms with van der Waals surface area (Å²) >= 11 is 8.70. The lowest BCUT2D eigenvalue weighted by Crippen LogP contribution is -2.19.